The molecule has 4 nitrogen and oxygen atoms in total. The van der Waals surface area contributed by atoms with E-state index in [1.807, 2.05) is 31.2 Å². The summed E-state index contributed by atoms with van der Waals surface area (Å²) in [5, 5.41) is 2.92. The maximum atomic E-state index is 11.9. The molecule has 1 unspecified atom stereocenters. The first-order chi connectivity index (χ1) is 8.98. The zero-order valence-corrected chi connectivity index (χ0v) is 11.7. The van der Waals surface area contributed by atoms with Crippen LogP contribution in [0.25, 0.3) is 0 Å². The van der Waals surface area contributed by atoms with Gasteiger partial charge in [-0.05, 0) is 31.5 Å². The minimum absolute atomic E-state index is 0.0821. The third-order valence-electron chi connectivity index (χ3n) is 3.26. The Morgan fingerprint density at radius 3 is 2.84 bits per heavy atom. The fourth-order valence-electron chi connectivity index (χ4n) is 1.94. The Labute approximate surface area is 114 Å². The molecule has 1 aromatic rings. The van der Waals surface area contributed by atoms with E-state index in [0.717, 1.165) is 11.3 Å². The van der Waals surface area contributed by atoms with Gasteiger partial charge in [0.2, 0.25) is 0 Å². The molecule has 0 aromatic heterocycles. The van der Waals surface area contributed by atoms with Gasteiger partial charge in [-0.2, -0.15) is 0 Å². The lowest BCUT2D eigenvalue weighted by molar-refractivity contribution is -0.132. The van der Waals surface area contributed by atoms with Crippen LogP contribution in [0.1, 0.15) is 19.4 Å². The molecule has 0 bridgehead atoms. The van der Waals surface area contributed by atoms with Crippen LogP contribution in [-0.4, -0.2) is 31.8 Å². The van der Waals surface area contributed by atoms with Crippen LogP contribution in [0, 0.1) is 12.3 Å². The maximum Gasteiger partial charge on any atom is 0.260 e. The molecule has 1 aliphatic rings. The van der Waals surface area contributed by atoms with Gasteiger partial charge in [-0.3, -0.25) is 4.79 Å². The predicted molar refractivity (Wildman–Crippen MR) is 73.2 cm³/mol. The van der Waals surface area contributed by atoms with E-state index in [9.17, 15) is 4.79 Å². The highest BCUT2D eigenvalue weighted by atomic mass is 16.5. The fraction of sp³-hybridized carbons (Fsp3) is 0.533. The Morgan fingerprint density at radius 1 is 1.53 bits per heavy atom. The standard InChI is InChI=1S/C15H21NO3/c1-11-5-4-6-13(7-11)19-12(2)14(17)16-8-15(3)9-18-10-15/h4-7,12H,8-10H2,1-3H3,(H,16,17). The Balaban J connectivity index is 1.82. The number of benzene rings is 1. The lowest BCUT2D eigenvalue weighted by atomic mass is 9.89. The first kappa shape index (κ1) is 13.9. The summed E-state index contributed by atoms with van der Waals surface area (Å²) in [6.07, 6.45) is -0.494. The van der Waals surface area contributed by atoms with Gasteiger partial charge in [-0.25, -0.2) is 0 Å². The Kier molecular flexibility index (Phi) is 4.10. The van der Waals surface area contributed by atoms with Crippen molar-refractivity contribution < 1.29 is 14.3 Å². The number of rotatable bonds is 5. The van der Waals surface area contributed by atoms with E-state index in [-0.39, 0.29) is 11.3 Å². The number of hydrogen-bond acceptors (Lipinski definition) is 3. The summed E-state index contributed by atoms with van der Waals surface area (Å²) < 4.78 is 10.8. The Bertz CT molecular complexity index is 454. The molecule has 1 aliphatic heterocycles. The molecule has 0 radical (unpaired) electrons. The molecular formula is C15H21NO3. The Hall–Kier alpha value is -1.55. The zero-order chi connectivity index (χ0) is 13.9. The largest absolute Gasteiger partial charge is 0.481 e. The molecule has 1 amide bonds. The third-order valence-corrected chi connectivity index (χ3v) is 3.26. The van der Waals surface area contributed by atoms with E-state index < -0.39 is 6.10 Å². The van der Waals surface area contributed by atoms with Crippen LogP contribution in [0.5, 0.6) is 5.75 Å². The molecule has 0 aliphatic carbocycles. The van der Waals surface area contributed by atoms with Gasteiger partial charge in [0.25, 0.3) is 5.91 Å². The van der Waals surface area contributed by atoms with Crippen molar-refractivity contribution in [3.8, 4) is 5.75 Å². The van der Waals surface area contributed by atoms with Gasteiger partial charge in [0.15, 0.2) is 6.10 Å². The van der Waals surface area contributed by atoms with Crippen molar-refractivity contribution >= 4 is 5.91 Å². The highest BCUT2D eigenvalue weighted by Gasteiger charge is 2.34. The monoisotopic (exact) mass is 263 g/mol. The normalized spacial score (nSPS) is 18.3. The molecule has 1 aromatic carbocycles. The number of hydrogen-bond donors (Lipinski definition) is 1. The lowest BCUT2D eigenvalue weighted by Crippen LogP contribution is -2.50. The van der Waals surface area contributed by atoms with E-state index in [2.05, 4.69) is 12.2 Å². The average molecular weight is 263 g/mol. The van der Waals surface area contributed by atoms with Gasteiger partial charge >= 0.3 is 0 Å². The molecule has 1 N–H and O–H groups in total. The van der Waals surface area contributed by atoms with Crippen molar-refractivity contribution in [2.24, 2.45) is 5.41 Å². The number of carbonyl (C=O) groups excluding carboxylic acids is 1. The van der Waals surface area contributed by atoms with Crippen LogP contribution in [0.2, 0.25) is 0 Å². The summed E-state index contributed by atoms with van der Waals surface area (Å²) >= 11 is 0. The van der Waals surface area contributed by atoms with Gasteiger partial charge in [0, 0.05) is 12.0 Å². The highest BCUT2D eigenvalue weighted by Crippen LogP contribution is 2.25. The molecule has 2 rings (SSSR count). The SMILES string of the molecule is Cc1cccc(OC(C)C(=O)NCC2(C)COC2)c1. The highest BCUT2D eigenvalue weighted by molar-refractivity contribution is 5.80. The number of ether oxygens (including phenoxy) is 2. The molecule has 1 saturated heterocycles. The van der Waals surface area contributed by atoms with Crippen molar-refractivity contribution in [1.29, 1.82) is 0 Å². The quantitative estimate of drug-likeness (QED) is 0.883. The molecular weight excluding hydrogens is 242 g/mol. The Morgan fingerprint density at radius 2 is 2.26 bits per heavy atom. The smallest absolute Gasteiger partial charge is 0.260 e. The van der Waals surface area contributed by atoms with Gasteiger partial charge in [0.05, 0.1) is 13.2 Å². The number of aryl methyl sites for hydroxylation is 1. The summed E-state index contributed by atoms with van der Waals surface area (Å²) in [7, 11) is 0. The van der Waals surface area contributed by atoms with Crippen molar-refractivity contribution in [2.75, 3.05) is 19.8 Å². The summed E-state index contributed by atoms with van der Waals surface area (Å²) in [5.74, 6) is 0.635. The molecule has 1 fully saturated rings. The average Bonchev–Trinajstić information content (AvgIpc) is 2.33. The van der Waals surface area contributed by atoms with Crippen molar-refractivity contribution in [1.82, 2.24) is 5.32 Å². The summed E-state index contributed by atoms with van der Waals surface area (Å²) in [4.78, 5) is 11.9. The van der Waals surface area contributed by atoms with Crippen LogP contribution in [0.15, 0.2) is 24.3 Å². The second kappa shape index (κ2) is 5.61. The zero-order valence-electron chi connectivity index (χ0n) is 11.7. The number of carbonyl (C=O) groups is 1. The van der Waals surface area contributed by atoms with E-state index in [1.165, 1.54) is 0 Å². The molecule has 0 saturated carbocycles. The minimum Gasteiger partial charge on any atom is -0.481 e. The first-order valence-corrected chi connectivity index (χ1v) is 6.57. The van der Waals surface area contributed by atoms with Gasteiger partial charge in [-0.1, -0.05) is 19.1 Å². The van der Waals surface area contributed by atoms with Crippen LogP contribution in [0.4, 0.5) is 0 Å². The van der Waals surface area contributed by atoms with Crippen LogP contribution < -0.4 is 10.1 Å². The van der Waals surface area contributed by atoms with Crippen molar-refractivity contribution in [3.05, 3.63) is 29.8 Å². The second-order valence-electron chi connectivity index (χ2n) is 5.60. The second-order valence-corrected chi connectivity index (χ2v) is 5.60. The van der Waals surface area contributed by atoms with Crippen LogP contribution >= 0.6 is 0 Å². The van der Waals surface area contributed by atoms with Gasteiger partial charge in [0.1, 0.15) is 5.75 Å². The summed E-state index contributed by atoms with van der Waals surface area (Å²) in [5.41, 5.74) is 1.20. The third kappa shape index (κ3) is 3.70. The summed E-state index contributed by atoms with van der Waals surface area (Å²) in [6, 6.07) is 7.69. The predicted octanol–water partition coefficient (Wildman–Crippen LogP) is 1.92. The van der Waals surface area contributed by atoms with Gasteiger partial charge in [-0.15, -0.1) is 0 Å². The fourth-order valence-corrected chi connectivity index (χ4v) is 1.94. The number of amides is 1. The van der Waals surface area contributed by atoms with Gasteiger partial charge < -0.3 is 14.8 Å². The number of nitrogens with one attached hydrogen (secondary N) is 1. The molecule has 1 atom stereocenters. The van der Waals surface area contributed by atoms with E-state index in [4.69, 9.17) is 9.47 Å². The lowest BCUT2D eigenvalue weighted by Gasteiger charge is -2.38. The summed E-state index contributed by atoms with van der Waals surface area (Å²) in [6.45, 7) is 7.91. The molecule has 104 valence electrons. The van der Waals surface area contributed by atoms with E-state index in [0.29, 0.717) is 19.8 Å². The van der Waals surface area contributed by atoms with Crippen LogP contribution in [0.3, 0.4) is 0 Å². The van der Waals surface area contributed by atoms with Crippen LogP contribution in [-0.2, 0) is 9.53 Å². The van der Waals surface area contributed by atoms with Crippen molar-refractivity contribution in [2.45, 2.75) is 26.9 Å². The van der Waals surface area contributed by atoms with E-state index in [1.54, 1.807) is 6.92 Å². The maximum absolute atomic E-state index is 11.9. The minimum atomic E-state index is -0.494. The molecule has 0 spiro atoms. The van der Waals surface area contributed by atoms with Crippen molar-refractivity contribution in [3.63, 3.8) is 0 Å². The molecule has 19 heavy (non-hydrogen) atoms. The molecule has 1 heterocycles. The van der Waals surface area contributed by atoms with E-state index >= 15 is 0 Å². The first-order valence-electron chi connectivity index (χ1n) is 6.57. The topological polar surface area (TPSA) is 47.6 Å². The molecule has 4 heteroatoms.